The van der Waals surface area contributed by atoms with Gasteiger partial charge in [0.05, 0.1) is 0 Å². The molecule has 0 radical (unpaired) electrons. The molecule has 0 N–H and O–H groups in total. The Morgan fingerprint density at radius 3 is 1.00 bits per heavy atom. The van der Waals surface area contributed by atoms with Gasteiger partial charge in [-0.15, -0.1) is 12.3 Å². The second-order valence-corrected chi connectivity index (χ2v) is 6.96. The van der Waals surface area contributed by atoms with Crippen LogP contribution >= 0.6 is 0 Å². The fourth-order valence-electron chi connectivity index (χ4n) is 3.13. The van der Waals surface area contributed by atoms with E-state index in [4.69, 9.17) is 6.42 Å². The van der Waals surface area contributed by atoms with Gasteiger partial charge in [-0.1, -0.05) is 116 Å². The quantitative estimate of drug-likeness (QED) is 0.177. The summed E-state index contributed by atoms with van der Waals surface area (Å²) in [5.41, 5.74) is 0. The first-order chi connectivity index (χ1) is 10.9. The van der Waals surface area contributed by atoms with E-state index in [1.54, 1.807) is 0 Å². The van der Waals surface area contributed by atoms with Gasteiger partial charge >= 0.3 is 0 Å². The van der Waals surface area contributed by atoms with Gasteiger partial charge in [-0.3, -0.25) is 0 Å². The molecule has 0 bridgehead atoms. The van der Waals surface area contributed by atoms with Crippen molar-refractivity contribution < 1.29 is 0 Å². The lowest BCUT2D eigenvalue weighted by Crippen LogP contribution is -1.84. The smallest absolute Gasteiger partial charge is 0.00860 e. The first kappa shape index (κ1) is 21.6. The highest BCUT2D eigenvalue weighted by molar-refractivity contribution is 4.82. The largest absolute Gasteiger partial charge is 0.120 e. The van der Waals surface area contributed by atoms with Gasteiger partial charge in [-0.05, 0) is 6.42 Å². The van der Waals surface area contributed by atoms with Gasteiger partial charge in [0.25, 0.3) is 0 Å². The van der Waals surface area contributed by atoms with Crippen molar-refractivity contribution in [2.45, 2.75) is 129 Å². The van der Waals surface area contributed by atoms with Crippen LogP contribution in [0.4, 0.5) is 0 Å². The molecule has 0 fully saturated rings. The summed E-state index contributed by atoms with van der Waals surface area (Å²) in [6.07, 6.45) is 32.0. The molecule has 0 aliphatic heterocycles. The van der Waals surface area contributed by atoms with Crippen LogP contribution in [0.15, 0.2) is 0 Å². The van der Waals surface area contributed by atoms with E-state index in [-0.39, 0.29) is 0 Å². The third-order valence-electron chi connectivity index (χ3n) is 4.67. The second-order valence-electron chi connectivity index (χ2n) is 6.96. The van der Waals surface area contributed by atoms with E-state index in [1.807, 2.05) is 0 Å². The van der Waals surface area contributed by atoms with E-state index in [1.165, 1.54) is 116 Å². The van der Waals surface area contributed by atoms with Crippen molar-refractivity contribution in [2.24, 2.45) is 0 Å². The minimum atomic E-state index is 0.971. The van der Waals surface area contributed by atoms with Crippen LogP contribution in [0, 0.1) is 12.3 Å². The van der Waals surface area contributed by atoms with Crippen LogP contribution in [0.3, 0.4) is 0 Å². The Labute approximate surface area is 141 Å². The summed E-state index contributed by atoms with van der Waals surface area (Å²) >= 11 is 0. The van der Waals surface area contributed by atoms with Crippen molar-refractivity contribution in [1.82, 2.24) is 0 Å². The third-order valence-corrected chi connectivity index (χ3v) is 4.67. The van der Waals surface area contributed by atoms with Crippen LogP contribution in [0.1, 0.15) is 129 Å². The van der Waals surface area contributed by atoms with Gasteiger partial charge in [0.1, 0.15) is 0 Å². The number of hydrogen-bond donors (Lipinski definition) is 0. The summed E-state index contributed by atoms with van der Waals surface area (Å²) in [6.45, 7) is 2.29. The molecule has 0 spiro atoms. The maximum atomic E-state index is 5.25. The van der Waals surface area contributed by atoms with Crippen molar-refractivity contribution in [1.29, 1.82) is 0 Å². The molecule has 0 aromatic heterocycles. The monoisotopic (exact) mass is 306 g/mol. The molecular formula is C22H42. The van der Waals surface area contributed by atoms with Crippen molar-refractivity contribution in [3.63, 3.8) is 0 Å². The molecule has 0 aromatic rings. The normalized spacial score (nSPS) is 10.7. The van der Waals surface area contributed by atoms with Gasteiger partial charge < -0.3 is 0 Å². The predicted molar refractivity (Wildman–Crippen MR) is 102 cm³/mol. The molecule has 0 heteroatoms. The molecule has 0 saturated carbocycles. The van der Waals surface area contributed by atoms with Gasteiger partial charge in [-0.2, -0.15) is 0 Å². The zero-order valence-electron chi connectivity index (χ0n) is 15.5. The highest BCUT2D eigenvalue weighted by atomic mass is 14.0. The predicted octanol–water partition coefficient (Wildman–Crippen LogP) is 8.05. The molecule has 0 saturated heterocycles. The van der Waals surface area contributed by atoms with Crippen molar-refractivity contribution in [3.05, 3.63) is 0 Å². The molecular weight excluding hydrogens is 264 g/mol. The summed E-state index contributed by atoms with van der Waals surface area (Å²) in [7, 11) is 0. The molecule has 0 aromatic carbocycles. The third kappa shape index (κ3) is 19.6. The summed E-state index contributed by atoms with van der Waals surface area (Å²) < 4.78 is 0. The van der Waals surface area contributed by atoms with Gasteiger partial charge in [0.2, 0.25) is 0 Å². The Balaban J connectivity index is 2.93. The van der Waals surface area contributed by atoms with Crippen molar-refractivity contribution in [3.8, 4) is 12.3 Å². The molecule has 0 aliphatic rings. The lowest BCUT2D eigenvalue weighted by molar-refractivity contribution is 0.525. The van der Waals surface area contributed by atoms with E-state index < -0.39 is 0 Å². The lowest BCUT2D eigenvalue weighted by Gasteiger charge is -2.03. The molecule has 0 atom stereocenters. The maximum absolute atomic E-state index is 5.25. The first-order valence-corrected chi connectivity index (χ1v) is 10.3. The van der Waals surface area contributed by atoms with Crippen molar-refractivity contribution >= 4 is 0 Å². The average Bonchev–Trinajstić information content (AvgIpc) is 2.54. The van der Waals surface area contributed by atoms with Crippen LogP contribution < -0.4 is 0 Å². The number of rotatable bonds is 18. The molecule has 130 valence electrons. The molecule has 0 unspecified atom stereocenters. The Morgan fingerprint density at radius 2 is 0.727 bits per heavy atom. The minimum Gasteiger partial charge on any atom is -0.120 e. The summed E-state index contributed by atoms with van der Waals surface area (Å²) in [5, 5.41) is 0. The fraction of sp³-hybridized carbons (Fsp3) is 0.909. The van der Waals surface area contributed by atoms with E-state index in [2.05, 4.69) is 12.8 Å². The average molecular weight is 307 g/mol. The Morgan fingerprint density at radius 1 is 0.455 bits per heavy atom. The summed E-state index contributed by atoms with van der Waals surface area (Å²) in [6, 6.07) is 0. The van der Waals surface area contributed by atoms with Gasteiger partial charge in [0, 0.05) is 6.42 Å². The van der Waals surface area contributed by atoms with Gasteiger partial charge in [0.15, 0.2) is 0 Å². The highest BCUT2D eigenvalue weighted by Crippen LogP contribution is 2.14. The van der Waals surface area contributed by atoms with Crippen LogP contribution in [0.5, 0.6) is 0 Å². The Hall–Kier alpha value is -0.440. The molecule has 0 aliphatic carbocycles. The molecule has 0 amide bonds. The Bertz CT molecular complexity index is 223. The number of terminal acetylenes is 1. The zero-order valence-corrected chi connectivity index (χ0v) is 15.5. The maximum Gasteiger partial charge on any atom is 0.00860 e. The molecule has 0 nitrogen and oxygen atoms in total. The van der Waals surface area contributed by atoms with E-state index >= 15 is 0 Å². The van der Waals surface area contributed by atoms with E-state index in [9.17, 15) is 0 Å². The molecule has 0 heterocycles. The first-order valence-electron chi connectivity index (χ1n) is 10.3. The highest BCUT2D eigenvalue weighted by Gasteiger charge is 1.94. The standard InChI is InChI=1S/C22H42/c1-3-5-7-9-11-13-15-17-19-21-22-20-18-16-14-12-10-8-6-4-2/h1H,4-22H2,2H3. The Kier molecular flexibility index (Phi) is 20.1. The van der Waals surface area contributed by atoms with Crippen molar-refractivity contribution in [2.75, 3.05) is 0 Å². The number of unbranched alkanes of at least 4 members (excludes halogenated alkanes) is 18. The summed E-state index contributed by atoms with van der Waals surface area (Å²) in [5.74, 6) is 2.72. The van der Waals surface area contributed by atoms with Gasteiger partial charge in [-0.25, -0.2) is 0 Å². The molecule has 0 rings (SSSR count). The minimum absolute atomic E-state index is 0.971. The van der Waals surface area contributed by atoms with E-state index in [0.29, 0.717) is 0 Å². The SMILES string of the molecule is C#CCCCCCCCCCCCCCCCCCCCC. The number of hydrogen-bond acceptors (Lipinski definition) is 0. The van der Waals surface area contributed by atoms with Crippen LogP contribution in [0.2, 0.25) is 0 Å². The topological polar surface area (TPSA) is 0 Å². The second kappa shape index (κ2) is 20.6. The van der Waals surface area contributed by atoms with Crippen LogP contribution in [-0.4, -0.2) is 0 Å². The molecule has 22 heavy (non-hydrogen) atoms. The van der Waals surface area contributed by atoms with E-state index in [0.717, 1.165) is 6.42 Å². The van der Waals surface area contributed by atoms with Crippen LogP contribution in [0.25, 0.3) is 0 Å². The zero-order chi connectivity index (χ0) is 16.1. The fourth-order valence-corrected chi connectivity index (χ4v) is 3.13. The summed E-state index contributed by atoms with van der Waals surface area (Å²) in [4.78, 5) is 0. The van der Waals surface area contributed by atoms with Crippen LogP contribution in [-0.2, 0) is 0 Å². The lowest BCUT2D eigenvalue weighted by atomic mass is 10.0.